The Balaban J connectivity index is 3.76. The largest absolute Gasteiger partial charge is 0.480 e. The molecule has 0 atom stereocenters. The van der Waals surface area contributed by atoms with Crippen molar-refractivity contribution in [2.75, 3.05) is 0 Å². The molecular formula is C13H13F3O4. The molecule has 0 amide bonds. The molecule has 4 nitrogen and oxygen atoms in total. The standard InChI is InChI=1S/C13H13F3O4/c1-3-6-8(14)5-7(10(16)9(6)15)13(4-2,11(17)18)12(19)20/h5H,3-4H2,1-2H3,(H,17,18)(H,19,20). The minimum Gasteiger partial charge on any atom is -0.480 e. The van der Waals surface area contributed by atoms with Crippen LogP contribution in [-0.4, -0.2) is 22.2 Å². The maximum Gasteiger partial charge on any atom is 0.325 e. The molecule has 0 radical (unpaired) electrons. The van der Waals surface area contributed by atoms with Gasteiger partial charge < -0.3 is 10.2 Å². The molecule has 0 saturated heterocycles. The lowest BCUT2D eigenvalue weighted by molar-refractivity contribution is -0.158. The van der Waals surface area contributed by atoms with Crippen molar-refractivity contribution in [2.24, 2.45) is 0 Å². The third kappa shape index (κ3) is 2.13. The Bertz CT molecular complexity index is 555. The molecule has 0 fully saturated rings. The van der Waals surface area contributed by atoms with Crippen molar-refractivity contribution >= 4 is 11.9 Å². The zero-order chi connectivity index (χ0) is 15.7. The van der Waals surface area contributed by atoms with Crippen molar-refractivity contribution in [3.05, 3.63) is 34.6 Å². The zero-order valence-corrected chi connectivity index (χ0v) is 10.8. The number of rotatable bonds is 5. The van der Waals surface area contributed by atoms with Crippen molar-refractivity contribution < 1.29 is 33.0 Å². The lowest BCUT2D eigenvalue weighted by Gasteiger charge is -2.25. The van der Waals surface area contributed by atoms with E-state index in [1.165, 1.54) is 13.8 Å². The van der Waals surface area contributed by atoms with Crippen molar-refractivity contribution in [2.45, 2.75) is 32.1 Å². The van der Waals surface area contributed by atoms with Crippen molar-refractivity contribution in [1.29, 1.82) is 0 Å². The van der Waals surface area contributed by atoms with Crippen molar-refractivity contribution in [3.8, 4) is 0 Å². The summed E-state index contributed by atoms with van der Waals surface area (Å²) in [6.07, 6.45) is -0.701. The molecule has 2 N–H and O–H groups in total. The molecule has 0 aliphatic heterocycles. The van der Waals surface area contributed by atoms with Crippen LogP contribution in [0.15, 0.2) is 6.07 Å². The molecule has 0 aromatic heterocycles. The van der Waals surface area contributed by atoms with Crippen LogP contribution in [0.2, 0.25) is 0 Å². The minimum atomic E-state index is -2.72. The summed E-state index contributed by atoms with van der Waals surface area (Å²) in [5.74, 6) is -8.12. The van der Waals surface area contributed by atoms with Gasteiger partial charge in [0, 0.05) is 11.1 Å². The van der Waals surface area contributed by atoms with Crippen LogP contribution in [0.5, 0.6) is 0 Å². The van der Waals surface area contributed by atoms with Crippen molar-refractivity contribution in [1.82, 2.24) is 0 Å². The summed E-state index contributed by atoms with van der Waals surface area (Å²) in [4.78, 5) is 22.5. The third-order valence-corrected chi connectivity index (χ3v) is 3.33. The van der Waals surface area contributed by atoms with Crippen LogP contribution in [0, 0.1) is 17.5 Å². The predicted molar refractivity (Wildman–Crippen MR) is 62.9 cm³/mol. The maximum atomic E-state index is 14.0. The molecule has 0 aliphatic carbocycles. The summed E-state index contributed by atoms with van der Waals surface area (Å²) in [5.41, 5.74) is -4.29. The van der Waals surface area contributed by atoms with Gasteiger partial charge in [-0.15, -0.1) is 0 Å². The van der Waals surface area contributed by atoms with E-state index in [0.29, 0.717) is 6.07 Å². The first-order chi connectivity index (χ1) is 9.23. The van der Waals surface area contributed by atoms with Gasteiger partial charge in [0.2, 0.25) is 0 Å². The number of aliphatic carboxylic acids is 2. The van der Waals surface area contributed by atoms with E-state index in [1.54, 1.807) is 0 Å². The average molecular weight is 290 g/mol. The Morgan fingerprint density at radius 3 is 1.95 bits per heavy atom. The van der Waals surface area contributed by atoms with E-state index >= 15 is 0 Å². The van der Waals surface area contributed by atoms with E-state index < -0.39 is 52.4 Å². The SMILES string of the molecule is CCc1c(F)cc(C(CC)(C(=O)O)C(=O)O)c(F)c1F. The van der Waals surface area contributed by atoms with Gasteiger partial charge in [0.1, 0.15) is 5.82 Å². The predicted octanol–water partition coefficient (Wildman–Crippen LogP) is 2.48. The van der Waals surface area contributed by atoms with E-state index in [4.69, 9.17) is 10.2 Å². The van der Waals surface area contributed by atoms with Crippen LogP contribution in [0.1, 0.15) is 31.4 Å². The number of halogens is 3. The minimum absolute atomic E-state index is 0.145. The van der Waals surface area contributed by atoms with Crippen LogP contribution in [0.3, 0.4) is 0 Å². The lowest BCUT2D eigenvalue weighted by Crippen LogP contribution is -2.44. The van der Waals surface area contributed by atoms with Gasteiger partial charge in [-0.05, 0) is 18.9 Å². The summed E-state index contributed by atoms with van der Waals surface area (Å²) < 4.78 is 41.4. The monoisotopic (exact) mass is 290 g/mol. The van der Waals surface area contributed by atoms with E-state index in [0.717, 1.165) is 0 Å². The van der Waals surface area contributed by atoms with Gasteiger partial charge in [0.05, 0.1) is 0 Å². The summed E-state index contributed by atoms with van der Waals surface area (Å²) in [6, 6.07) is 0.447. The van der Waals surface area contributed by atoms with Crippen LogP contribution in [-0.2, 0) is 21.4 Å². The fourth-order valence-electron chi connectivity index (χ4n) is 2.08. The molecule has 1 rings (SSSR count). The Kier molecular flexibility index (Phi) is 4.42. The average Bonchev–Trinajstić information content (AvgIpc) is 2.36. The highest BCUT2D eigenvalue weighted by Crippen LogP contribution is 2.34. The molecule has 0 saturated carbocycles. The Morgan fingerprint density at radius 2 is 1.60 bits per heavy atom. The summed E-state index contributed by atoms with van der Waals surface area (Å²) in [7, 11) is 0. The van der Waals surface area contributed by atoms with Gasteiger partial charge in [0.25, 0.3) is 0 Å². The van der Waals surface area contributed by atoms with Gasteiger partial charge in [0.15, 0.2) is 17.0 Å². The van der Waals surface area contributed by atoms with Crippen LogP contribution in [0.25, 0.3) is 0 Å². The van der Waals surface area contributed by atoms with E-state index in [-0.39, 0.29) is 6.42 Å². The van der Waals surface area contributed by atoms with Crippen LogP contribution in [0.4, 0.5) is 13.2 Å². The van der Waals surface area contributed by atoms with Gasteiger partial charge in [-0.3, -0.25) is 9.59 Å². The fourth-order valence-corrected chi connectivity index (χ4v) is 2.08. The molecule has 1 aromatic carbocycles. The Morgan fingerprint density at radius 1 is 1.10 bits per heavy atom. The molecule has 20 heavy (non-hydrogen) atoms. The van der Waals surface area contributed by atoms with E-state index in [1.807, 2.05) is 0 Å². The highest BCUT2D eigenvalue weighted by atomic mass is 19.2. The highest BCUT2D eigenvalue weighted by Gasteiger charge is 2.49. The molecule has 0 bridgehead atoms. The first kappa shape index (κ1) is 16.0. The number of carbonyl (C=O) groups is 2. The molecular weight excluding hydrogens is 277 g/mol. The summed E-state index contributed by atoms with van der Waals surface area (Å²) in [6.45, 7) is 2.58. The number of carboxylic acid groups (broad SMARTS) is 2. The fraction of sp³-hybridized carbons (Fsp3) is 0.385. The van der Waals surface area contributed by atoms with E-state index in [9.17, 15) is 22.8 Å². The second kappa shape index (κ2) is 5.52. The van der Waals surface area contributed by atoms with Crippen LogP contribution >= 0.6 is 0 Å². The maximum absolute atomic E-state index is 14.0. The zero-order valence-electron chi connectivity index (χ0n) is 10.8. The van der Waals surface area contributed by atoms with Crippen molar-refractivity contribution in [3.63, 3.8) is 0 Å². The second-order valence-corrected chi connectivity index (χ2v) is 4.24. The Hall–Kier alpha value is -2.05. The normalized spacial score (nSPS) is 11.4. The number of carboxylic acids is 2. The van der Waals surface area contributed by atoms with E-state index in [2.05, 4.69) is 0 Å². The van der Waals surface area contributed by atoms with Gasteiger partial charge in [-0.2, -0.15) is 0 Å². The molecule has 0 heterocycles. The molecule has 1 aromatic rings. The number of hydrogen-bond donors (Lipinski definition) is 2. The first-order valence-corrected chi connectivity index (χ1v) is 5.87. The topological polar surface area (TPSA) is 74.6 Å². The van der Waals surface area contributed by atoms with Crippen LogP contribution < -0.4 is 0 Å². The molecule has 0 aliphatic rings. The third-order valence-electron chi connectivity index (χ3n) is 3.33. The molecule has 0 unspecified atom stereocenters. The molecule has 110 valence electrons. The summed E-state index contributed by atoms with van der Waals surface area (Å²) >= 11 is 0. The lowest BCUT2D eigenvalue weighted by atomic mass is 9.77. The number of benzene rings is 1. The van der Waals surface area contributed by atoms with Gasteiger partial charge in [-0.25, -0.2) is 13.2 Å². The smallest absolute Gasteiger partial charge is 0.325 e. The quantitative estimate of drug-likeness (QED) is 0.645. The first-order valence-electron chi connectivity index (χ1n) is 5.87. The molecule has 0 spiro atoms. The van der Waals surface area contributed by atoms with Gasteiger partial charge in [-0.1, -0.05) is 13.8 Å². The Labute approximate surface area is 112 Å². The highest BCUT2D eigenvalue weighted by molar-refractivity contribution is 6.04. The summed E-state index contributed by atoms with van der Waals surface area (Å²) in [5, 5.41) is 18.2. The number of hydrogen-bond acceptors (Lipinski definition) is 2. The second-order valence-electron chi connectivity index (χ2n) is 4.24. The molecule has 7 heteroatoms. The van der Waals surface area contributed by atoms with Gasteiger partial charge >= 0.3 is 11.9 Å².